The summed E-state index contributed by atoms with van der Waals surface area (Å²) < 4.78 is 78.0. The zero-order chi connectivity index (χ0) is 27.5. The molecule has 0 saturated heterocycles. The first-order chi connectivity index (χ1) is 17.9. The van der Waals surface area contributed by atoms with Crippen molar-refractivity contribution in [1.82, 2.24) is 0 Å². The van der Waals surface area contributed by atoms with Gasteiger partial charge in [0.2, 0.25) is 5.91 Å². The summed E-state index contributed by atoms with van der Waals surface area (Å²) in [4.78, 5) is 12.6. The smallest absolute Gasteiger partial charge is 0.416 e. The standard InChI is InChI=1S/C29H19F6NO2/c30-28(31,32)21-12-7-19(8-13-21)24(20-9-14-22(15-10-20)29(33,34)35)4-2-6-27(38)36-26-5-1-3-18-11-16-23(37)17-25(18)26/h1-17,37H,(H,36,38)/b6-2+. The first-order valence-electron chi connectivity index (χ1n) is 11.2. The molecule has 4 aromatic rings. The number of aromatic hydroxyl groups is 1. The predicted molar refractivity (Wildman–Crippen MR) is 133 cm³/mol. The van der Waals surface area contributed by atoms with Gasteiger partial charge in [-0.3, -0.25) is 4.79 Å². The summed E-state index contributed by atoms with van der Waals surface area (Å²) in [5.74, 6) is -0.508. The van der Waals surface area contributed by atoms with Crippen molar-refractivity contribution in [2.75, 3.05) is 5.32 Å². The Morgan fingerprint density at radius 1 is 0.737 bits per heavy atom. The lowest BCUT2D eigenvalue weighted by atomic mass is 9.95. The van der Waals surface area contributed by atoms with E-state index in [9.17, 15) is 36.2 Å². The van der Waals surface area contributed by atoms with Gasteiger partial charge in [-0.05, 0) is 64.6 Å². The van der Waals surface area contributed by atoms with Gasteiger partial charge in [-0.1, -0.05) is 54.6 Å². The lowest BCUT2D eigenvalue weighted by molar-refractivity contribution is -0.138. The molecule has 0 aliphatic rings. The van der Waals surface area contributed by atoms with Crippen LogP contribution in [0.15, 0.2) is 103 Å². The van der Waals surface area contributed by atoms with Crippen LogP contribution in [0, 0.1) is 0 Å². The van der Waals surface area contributed by atoms with Gasteiger partial charge in [0.25, 0.3) is 0 Å². The summed E-state index contributed by atoms with van der Waals surface area (Å²) in [7, 11) is 0. The average Bonchev–Trinajstić information content (AvgIpc) is 2.86. The lowest BCUT2D eigenvalue weighted by Gasteiger charge is -2.12. The normalized spacial score (nSPS) is 12.1. The van der Waals surface area contributed by atoms with Crippen LogP contribution in [-0.2, 0) is 17.1 Å². The van der Waals surface area contributed by atoms with E-state index in [1.807, 2.05) is 6.07 Å². The summed E-state index contributed by atoms with van der Waals surface area (Å²) in [5, 5.41) is 13.9. The number of carbonyl (C=O) groups excluding carboxylic acids is 1. The highest BCUT2D eigenvalue weighted by atomic mass is 19.4. The Morgan fingerprint density at radius 3 is 1.82 bits per heavy atom. The van der Waals surface area contributed by atoms with Crippen molar-refractivity contribution in [3.8, 4) is 5.75 Å². The minimum atomic E-state index is -4.55. The molecule has 0 aliphatic heterocycles. The van der Waals surface area contributed by atoms with Crippen LogP contribution in [0.1, 0.15) is 22.3 Å². The molecule has 0 fully saturated rings. The van der Waals surface area contributed by atoms with Crippen molar-refractivity contribution < 1.29 is 36.2 Å². The number of hydrogen-bond donors (Lipinski definition) is 2. The zero-order valence-corrected chi connectivity index (χ0v) is 19.4. The highest BCUT2D eigenvalue weighted by Crippen LogP contribution is 2.34. The number of fused-ring (bicyclic) bond motifs is 1. The van der Waals surface area contributed by atoms with Gasteiger partial charge in [-0.2, -0.15) is 26.3 Å². The van der Waals surface area contributed by atoms with Gasteiger partial charge in [0.05, 0.1) is 11.1 Å². The fraction of sp³-hybridized carbons (Fsp3) is 0.0690. The van der Waals surface area contributed by atoms with E-state index < -0.39 is 29.4 Å². The van der Waals surface area contributed by atoms with Gasteiger partial charge >= 0.3 is 12.4 Å². The molecule has 0 atom stereocenters. The highest BCUT2D eigenvalue weighted by Gasteiger charge is 2.31. The number of phenols is 1. The molecule has 4 rings (SSSR count). The van der Waals surface area contributed by atoms with Crippen LogP contribution in [-0.4, -0.2) is 11.0 Å². The molecule has 0 unspecified atom stereocenters. The predicted octanol–water partition coefficient (Wildman–Crippen LogP) is 8.21. The molecule has 0 aliphatic carbocycles. The Kier molecular flexibility index (Phi) is 7.30. The fourth-order valence-electron chi connectivity index (χ4n) is 3.81. The molecule has 0 radical (unpaired) electrons. The lowest BCUT2D eigenvalue weighted by Crippen LogP contribution is -2.08. The van der Waals surface area contributed by atoms with Crippen molar-refractivity contribution in [3.05, 3.63) is 125 Å². The first-order valence-corrected chi connectivity index (χ1v) is 11.2. The Hall–Kier alpha value is -4.53. The van der Waals surface area contributed by atoms with Crippen molar-refractivity contribution in [1.29, 1.82) is 0 Å². The van der Waals surface area contributed by atoms with Crippen LogP contribution in [0.5, 0.6) is 5.75 Å². The second-order valence-corrected chi connectivity index (χ2v) is 8.29. The van der Waals surface area contributed by atoms with Crippen molar-refractivity contribution in [3.63, 3.8) is 0 Å². The third-order valence-corrected chi connectivity index (χ3v) is 5.68. The van der Waals surface area contributed by atoms with Gasteiger partial charge in [-0.15, -0.1) is 0 Å². The fourth-order valence-corrected chi connectivity index (χ4v) is 3.81. The van der Waals surface area contributed by atoms with Crippen LogP contribution < -0.4 is 5.32 Å². The SMILES string of the molecule is O=C(/C=C/C=C(c1ccc(C(F)(F)F)cc1)c1ccc(C(F)(F)F)cc1)Nc1cccc2ccc(O)cc12. The molecule has 194 valence electrons. The molecular weight excluding hydrogens is 508 g/mol. The number of halogens is 6. The molecule has 0 aromatic heterocycles. The molecule has 4 aromatic carbocycles. The third-order valence-electron chi connectivity index (χ3n) is 5.68. The number of phenolic OH excluding ortho intramolecular Hbond substituents is 1. The number of anilines is 1. The monoisotopic (exact) mass is 527 g/mol. The minimum Gasteiger partial charge on any atom is -0.508 e. The molecule has 2 N–H and O–H groups in total. The third kappa shape index (κ3) is 6.23. The summed E-state index contributed by atoms with van der Waals surface area (Å²) >= 11 is 0. The summed E-state index contributed by atoms with van der Waals surface area (Å²) in [6, 6.07) is 18.2. The van der Waals surface area contributed by atoms with E-state index in [0.29, 0.717) is 27.8 Å². The maximum atomic E-state index is 13.0. The van der Waals surface area contributed by atoms with E-state index in [4.69, 9.17) is 0 Å². The second kappa shape index (κ2) is 10.5. The highest BCUT2D eigenvalue weighted by molar-refractivity contribution is 6.06. The van der Waals surface area contributed by atoms with E-state index in [1.54, 1.807) is 18.2 Å². The number of rotatable bonds is 5. The molecule has 0 bridgehead atoms. The van der Waals surface area contributed by atoms with Crippen LogP contribution in [0.2, 0.25) is 0 Å². The topological polar surface area (TPSA) is 49.3 Å². The van der Waals surface area contributed by atoms with Crippen LogP contribution in [0.3, 0.4) is 0 Å². The van der Waals surface area contributed by atoms with E-state index >= 15 is 0 Å². The molecule has 0 saturated carbocycles. The number of nitrogens with one attached hydrogen (secondary N) is 1. The van der Waals surface area contributed by atoms with Gasteiger partial charge in [0, 0.05) is 17.1 Å². The maximum Gasteiger partial charge on any atom is 0.416 e. The van der Waals surface area contributed by atoms with Crippen molar-refractivity contribution in [2.24, 2.45) is 0 Å². The Morgan fingerprint density at radius 2 is 1.29 bits per heavy atom. The first kappa shape index (κ1) is 26.5. The van der Waals surface area contributed by atoms with Gasteiger partial charge in [0.15, 0.2) is 0 Å². The Bertz CT molecular complexity index is 1460. The molecule has 0 heterocycles. The van der Waals surface area contributed by atoms with Crippen molar-refractivity contribution >= 4 is 27.9 Å². The zero-order valence-electron chi connectivity index (χ0n) is 19.4. The van der Waals surface area contributed by atoms with Gasteiger partial charge in [0.1, 0.15) is 5.75 Å². The number of hydrogen-bond acceptors (Lipinski definition) is 2. The van der Waals surface area contributed by atoms with E-state index in [2.05, 4.69) is 5.32 Å². The molecular formula is C29H19F6NO2. The quantitative estimate of drug-likeness (QED) is 0.156. The van der Waals surface area contributed by atoms with E-state index in [-0.39, 0.29) is 5.75 Å². The number of alkyl halides is 6. The van der Waals surface area contributed by atoms with Crippen LogP contribution in [0.25, 0.3) is 16.3 Å². The second-order valence-electron chi connectivity index (χ2n) is 8.29. The number of amides is 1. The minimum absolute atomic E-state index is 0.0235. The molecule has 9 heteroatoms. The summed E-state index contributed by atoms with van der Waals surface area (Å²) in [6.45, 7) is 0. The van der Waals surface area contributed by atoms with Gasteiger partial charge < -0.3 is 10.4 Å². The molecule has 38 heavy (non-hydrogen) atoms. The Balaban J connectivity index is 1.64. The van der Waals surface area contributed by atoms with Crippen LogP contribution in [0.4, 0.5) is 32.0 Å². The largest absolute Gasteiger partial charge is 0.508 e. The molecule has 1 amide bonds. The van der Waals surface area contributed by atoms with Crippen molar-refractivity contribution in [2.45, 2.75) is 12.4 Å². The van der Waals surface area contributed by atoms with E-state index in [1.165, 1.54) is 54.6 Å². The van der Waals surface area contributed by atoms with Gasteiger partial charge in [-0.25, -0.2) is 0 Å². The van der Waals surface area contributed by atoms with Crippen LogP contribution >= 0.6 is 0 Å². The maximum absolute atomic E-state index is 13.0. The number of benzene rings is 4. The summed E-state index contributed by atoms with van der Waals surface area (Å²) in [6.07, 6.45) is -5.14. The molecule has 0 spiro atoms. The average molecular weight is 527 g/mol. The Labute approximate surface area is 213 Å². The number of allylic oxidation sites excluding steroid dienone is 2. The number of carbonyl (C=O) groups is 1. The van der Waals surface area contributed by atoms with E-state index in [0.717, 1.165) is 29.7 Å². The summed E-state index contributed by atoms with van der Waals surface area (Å²) in [5.41, 5.74) is -0.359. The molecule has 3 nitrogen and oxygen atoms in total.